The predicted octanol–water partition coefficient (Wildman–Crippen LogP) is 9.73. The molecule has 2 fully saturated rings. The van der Waals surface area contributed by atoms with Crippen LogP contribution < -0.4 is 0 Å². The molecule has 0 aromatic heterocycles. The molecular weight excluding hydrogens is 429 g/mol. The fourth-order valence-corrected chi connectivity index (χ4v) is 6.17. The summed E-state index contributed by atoms with van der Waals surface area (Å²) >= 11 is 0. The minimum absolute atomic E-state index is 0.0639. The quantitative estimate of drug-likeness (QED) is 0.379. The molecule has 0 N–H and O–H groups in total. The molecule has 0 amide bonds. The summed E-state index contributed by atoms with van der Waals surface area (Å²) in [7, 11) is 0. The Kier molecular flexibility index (Phi) is 8.55. The normalized spacial score (nSPS) is 25.7. The number of hydrogen-bond acceptors (Lipinski definition) is 0. The zero-order valence-electron chi connectivity index (χ0n) is 20.8. The van der Waals surface area contributed by atoms with Crippen molar-refractivity contribution in [2.45, 2.75) is 96.3 Å². The summed E-state index contributed by atoms with van der Waals surface area (Å²) in [5.41, 5.74) is 2.75. The summed E-state index contributed by atoms with van der Waals surface area (Å²) in [6, 6.07) is 9.14. The Morgan fingerprint density at radius 3 is 1.88 bits per heavy atom. The molecule has 0 bridgehead atoms. The van der Waals surface area contributed by atoms with Gasteiger partial charge in [-0.3, -0.25) is 0 Å². The van der Waals surface area contributed by atoms with E-state index < -0.39 is 11.6 Å². The minimum Gasteiger partial charge on any atom is -0.206 e. The van der Waals surface area contributed by atoms with Gasteiger partial charge in [-0.2, -0.15) is 0 Å². The lowest BCUT2D eigenvalue weighted by Crippen LogP contribution is -2.17. The zero-order valence-corrected chi connectivity index (χ0v) is 20.8. The Balaban J connectivity index is 1.36. The van der Waals surface area contributed by atoms with Gasteiger partial charge in [-0.1, -0.05) is 63.1 Å². The van der Waals surface area contributed by atoms with Crippen molar-refractivity contribution in [3.05, 3.63) is 76.1 Å². The molecule has 184 valence electrons. The monoisotopic (exact) mass is 468 g/mol. The molecule has 0 unspecified atom stereocenters. The molecule has 0 spiro atoms. The van der Waals surface area contributed by atoms with Crippen LogP contribution in [0.3, 0.4) is 0 Å². The van der Waals surface area contributed by atoms with Crippen molar-refractivity contribution in [1.29, 1.82) is 0 Å². The van der Waals surface area contributed by atoms with Crippen LogP contribution in [0.1, 0.15) is 112 Å². The van der Waals surface area contributed by atoms with E-state index in [4.69, 9.17) is 0 Å². The van der Waals surface area contributed by atoms with Crippen LogP contribution in [0.2, 0.25) is 0 Å². The lowest BCUT2D eigenvalue weighted by molar-refractivity contribution is 0.302. The van der Waals surface area contributed by atoms with E-state index >= 15 is 8.78 Å². The fraction of sp³-hybridized carbons (Fsp3) is 0.548. The first-order chi connectivity index (χ1) is 16.5. The molecule has 0 heterocycles. The Hall–Kier alpha value is -2.03. The van der Waals surface area contributed by atoms with Gasteiger partial charge in [0.2, 0.25) is 0 Å². The second kappa shape index (κ2) is 11.6. The summed E-state index contributed by atoms with van der Waals surface area (Å²) in [5.74, 6) is -0.0780. The van der Waals surface area contributed by atoms with Crippen molar-refractivity contribution in [2.75, 3.05) is 0 Å². The van der Waals surface area contributed by atoms with E-state index in [1.165, 1.54) is 12.8 Å². The number of halogens is 3. The predicted molar refractivity (Wildman–Crippen MR) is 135 cm³/mol. The van der Waals surface area contributed by atoms with E-state index in [0.29, 0.717) is 22.6 Å². The minimum atomic E-state index is -0.620. The smallest absolute Gasteiger partial charge is 0.162 e. The Labute approximate surface area is 203 Å². The van der Waals surface area contributed by atoms with Gasteiger partial charge in [0.05, 0.1) is 0 Å². The second-order valence-corrected chi connectivity index (χ2v) is 10.6. The molecule has 0 atom stereocenters. The summed E-state index contributed by atoms with van der Waals surface area (Å²) in [4.78, 5) is 0. The van der Waals surface area contributed by atoms with E-state index in [1.54, 1.807) is 6.07 Å². The maximum atomic E-state index is 15.1. The molecule has 34 heavy (non-hydrogen) atoms. The van der Waals surface area contributed by atoms with Gasteiger partial charge in [0.1, 0.15) is 5.82 Å². The van der Waals surface area contributed by atoms with Crippen LogP contribution in [0, 0.1) is 29.3 Å². The lowest BCUT2D eigenvalue weighted by atomic mass is 9.75. The summed E-state index contributed by atoms with van der Waals surface area (Å²) in [6.45, 7) is 4.23. The van der Waals surface area contributed by atoms with Crippen molar-refractivity contribution >= 4 is 6.08 Å². The number of rotatable bonds is 7. The van der Waals surface area contributed by atoms with Crippen LogP contribution in [0.15, 0.2) is 36.4 Å². The third-order valence-corrected chi connectivity index (χ3v) is 8.36. The molecule has 4 rings (SSSR count). The Morgan fingerprint density at radius 1 is 0.765 bits per heavy atom. The van der Waals surface area contributed by atoms with Gasteiger partial charge in [-0.05, 0) is 104 Å². The van der Waals surface area contributed by atoms with Crippen molar-refractivity contribution in [1.82, 2.24) is 0 Å². The molecule has 0 saturated heterocycles. The standard InChI is InChI=1S/C31H39F3/c1-3-5-22-7-12-24(13-8-22)27-18-19-28(31(34)30(27)33)25-14-9-23(10-15-25)11-17-26-16-6-21(4-2)20-29(26)32/h6,11,16-20,22-25H,3-5,7-10,12-15H2,1-2H3. The first kappa shape index (κ1) is 25.1. The van der Waals surface area contributed by atoms with Gasteiger partial charge in [0.25, 0.3) is 0 Å². The van der Waals surface area contributed by atoms with Crippen LogP contribution >= 0.6 is 0 Å². The average Bonchev–Trinajstić information content (AvgIpc) is 2.86. The second-order valence-electron chi connectivity index (χ2n) is 10.6. The van der Waals surface area contributed by atoms with E-state index in [2.05, 4.69) is 13.0 Å². The highest BCUT2D eigenvalue weighted by atomic mass is 19.2. The van der Waals surface area contributed by atoms with Gasteiger partial charge >= 0.3 is 0 Å². The van der Waals surface area contributed by atoms with Crippen molar-refractivity contribution in [2.24, 2.45) is 11.8 Å². The third kappa shape index (κ3) is 5.78. The van der Waals surface area contributed by atoms with Gasteiger partial charge in [0, 0.05) is 5.56 Å². The SMILES string of the molecule is CCCC1CCC(c2ccc(C3CCC(C=Cc4ccc(CC)cc4F)CC3)c(F)c2F)CC1. The van der Waals surface area contributed by atoms with Crippen LogP contribution in [0.25, 0.3) is 6.08 Å². The molecule has 2 aliphatic rings. The Bertz CT molecular complexity index is 976. The molecule has 2 aromatic carbocycles. The van der Waals surface area contributed by atoms with E-state index in [9.17, 15) is 4.39 Å². The van der Waals surface area contributed by atoms with E-state index in [1.807, 2.05) is 37.3 Å². The molecule has 3 heteroatoms. The van der Waals surface area contributed by atoms with Gasteiger partial charge < -0.3 is 0 Å². The third-order valence-electron chi connectivity index (χ3n) is 8.36. The highest BCUT2D eigenvalue weighted by molar-refractivity contribution is 5.51. The maximum absolute atomic E-state index is 15.1. The molecule has 0 nitrogen and oxygen atoms in total. The van der Waals surface area contributed by atoms with E-state index in [0.717, 1.165) is 69.3 Å². The van der Waals surface area contributed by atoms with Crippen LogP contribution in [-0.4, -0.2) is 0 Å². The maximum Gasteiger partial charge on any atom is 0.162 e. The van der Waals surface area contributed by atoms with Crippen molar-refractivity contribution < 1.29 is 13.2 Å². The highest BCUT2D eigenvalue weighted by Gasteiger charge is 2.29. The molecule has 2 aromatic rings. The van der Waals surface area contributed by atoms with Gasteiger partial charge in [0.15, 0.2) is 11.6 Å². The summed E-state index contributed by atoms with van der Waals surface area (Å²) in [5, 5.41) is 0. The number of aryl methyl sites for hydroxylation is 1. The molecule has 0 aliphatic heterocycles. The van der Waals surface area contributed by atoms with Crippen LogP contribution in [0.4, 0.5) is 13.2 Å². The molecule has 2 saturated carbocycles. The first-order valence-electron chi connectivity index (χ1n) is 13.4. The average molecular weight is 469 g/mol. The summed E-state index contributed by atoms with van der Waals surface area (Å²) in [6.07, 6.45) is 15.0. The zero-order chi connectivity index (χ0) is 24.1. The number of allylic oxidation sites excluding steroid dienone is 1. The van der Waals surface area contributed by atoms with Gasteiger partial charge in [-0.15, -0.1) is 0 Å². The van der Waals surface area contributed by atoms with Crippen LogP contribution in [-0.2, 0) is 6.42 Å². The number of hydrogen-bond donors (Lipinski definition) is 0. The molecular formula is C31H39F3. The molecule has 0 radical (unpaired) electrons. The van der Waals surface area contributed by atoms with Gasteiger partial charge in [-0.25, -0.2) is 13.2 Å². The van der Waals surface area contributed by atoms with E-state index in [-0.39, 0.29) is 17.7 Å². The first-order valence-corrected chi connectivity index (χ1v) is 13.4. The fourth-order valence-electron chi connectivity index (χ4n) is 6.17. The number of benzene rings is 2. The largest absolute Gasteiger partial charge is 0.206 e. The molecule has 2 aliphatic carbocycles. The summed E-state index contributed by atoms with van der Waals surface area (Å²) < 4.78 is 44.5. The Morgan fingerprint density at radius 2 is 1.35 bits per heavy atom. The van der Waals surface area contributed by atoms with Crippen molar-refractivity contribution in [3.8, 4) is 0 Å². The highest BCUT2D eigenvalue weighted by Crippen LogP contribution is 2.42. The topological polar surface area (TPSA) is 0 Å². The van der Waals surface area contributed by atoms with Crippen molar-refractivity contribution in [3.63, 3.8) is 0 Å². The lowest BCUT2D eigenvalue weighted by Gasteiger charge is -2.30. The van der Waals surface area contributed by atoms with Crippen LogP contribution in [0.5, 0.6) is 0 Å².